The van der Waals surface area contributed by atoms with E-state index in [9.17, 15) is 9.59 Å². The fraction of sp³-hybridized carbons (Fsp3) is 0.615. The molecule has 0 fully saturated rings. The van der Waals surface area contributed by atoms with E-state index in [1.165, 1.54) is 6.92 Å². The van der Waals surface area contributed by atoms with Crippen LogP contribution in [-0.4, -0.2) is 58.6 Å². The van der Waals surface area contributed by atoms with E-state index in [1.54, 1.807) is 19.0 Å². The van der Waals surface area contributed by atoms with E-state index in [4.69, 9.17) is 0 Å². The Morgan fingerprint density at radius 2 is 2.15 bits per heavy atom. The van der Waals surface area contributed by atoms with Gasteiger partial charge in [0, 0.05) is 34.1 Å². The molecule has 0 bridgehead atoms. The van der Waals surface area contributed by atoms with Crippen LogP contribution in [0.3, 0.4) is 0 Å². The number of nitrogens with zero attached hydrogens (tertiary/aromatic N) is 4. The molecule has 1 aliphatic heterocycles. The van der Waals surface area contributed by atoms with E-state index in [-0.39, 0.29) is 11.8 Å². The van der Waals surface area contributed by atoms with Gasteiger partial charge in [-0.1, -0.05) is 0 Å². The molecule has 0 saturated carbocycles. The summed E-state index contributed by atoms with van der Waals surface area (Å²) in [5, 5.41) is 7.19. The van der Waals surface area contributed by atoms with Gasteiger partial charge in [0.2, 0.25) is 11.8 Å². The van der Waals surface area contributed by atoms with Crippen molar-refractivity contribution in [3.8, 4) is 0 Å². The van der Waals surface area contributed by atoms with Gasteiger partial charge in [-0.3, -0.25) is 19.2 Å². The first-order valence-corrected chi connectivity index (χ1v) is 6.68. The lowest BCUT2D eigenvalue weighted by Crippen LogP contribution is -2.40. The zero-order chi connectivity index (χ0) is 14.7. The maximum atomic E-state index is 11.7. The van der Waals surface area contributed by atoms with Gasteiger partial charge in [0.15, 0.2) is 0 Å². The summed E-state index contributed by atoms with van der Waals surface area (Å²) < 4.78 is 1.95. The van der Waals surface area contributed by atoms with Crippen molar-refractivity contribution in [1.29, 1.82) is 0 Å². The molecule has 1 aliphatic rings. The predicted molar refractivity (Wildman–Crippen MR) is 73.7 cm³/mol. The molecule has 1 aromatic rings. The van der Waals surface area contributed by atoms with Crippen LogP contribution >= 0.6 is 0 Å². The molecule has 1 N–H and O–H groups in total. The van der Waals surface area contributed by atoms with E-state index < -0.39 is 0 Å². The SMILES string of the molecule is CC(=O)NCc1cc2n(n1)CCN(CC(=O)N(C)C)C2. The van der Waals surface area contributed by atoms with E-state index in [2.05, 4.69) is 15.3 Å². The maximum absolute atomic E-state index is 11.7. The summed E-state index contributed by atoms with van der Waals surface area (Å²) in [5.41, 5.74) is 1.94. The normalized spacial score (nSPS) is 14.8. The molecular weight excluding hydrogens is 258 g/mol. The monoisotopic (exact) mass is 279 g/mol. The van der Waals surface area contributed by atoms with Crippen molar-refractivity contribution < 1.29 is 9.59 Å². The third-order valence-corrected chi connectivity index (χ3v) is 3.30. The molecule has 2 amide bonds. The Labute approximate surface area is 118 Å². The quantitative estimate of drug-likeness (QED) is 0.801. The Hall–Kier alpha value is -1.89. The Morgan fingerprint density at radius 1 is 1.40 bits per heavy atom. The van der Waals surface area contributed by atoms with E-state index in [1.807, 2.05) is 10.7 Å². The zero-order valence-electron chi connectivity index (χ0n) is 12.2. The summed E-state index contributed by atoms with van der Waals surface area (Å²) >= 11 is 0. The maximum Gasteiger partial charge on any atom is 0.236 e. The van der Waals surface area contributed by atoms with Gasteiger partial charge in [-0.25, -0.2) is 0 Å². The second-order valence-corrected chi connectivity index (χ2v) is 5.26. The molecule has 0 saturated heterocycles. The number of carbonyl (C=O) groups is 2. The van der Waals surface area contributed by atoms with E-state index in [0.717, 1.165) is 24.5 Å². The molecule has 0 radical (unpaired) electrons. The molecule has 2 heterocycles. The minimum absolute atomic E-state index is 0.0609. The van der Waals surface area contributed by atoms with Crippen LogP contribution in [-0.2, 0) is 29.2 Å². The van der Waals surface area contributed by atoms with Crippen LogP contribution < -0.4 is 5.32 Å². The number of carbonyl (C=O) groups excluding carboxylic acids is 2. The number of fused-ring (bicyclic) bond motifs is 1. The van der Waals surface area contributed by atoms with Crippen molar-refractivity contribution in [2.45, 2.75) is 26.6 Å². The van der Waals surface area contributed by atoms with Crippen molar-refractivity contribution in [3.63, 3.8) is 0 Å². The van der Waals surface area contributed by atoms with Crippen LogP contribution in [0, 0.1) is 0 Å². The molecule has 0 spiro atoms. The van der Waals surface area contributed by atoms with Crippen LogP contribution in [0.2, 0.25) is 0 Å². The molecule has 110 valence electrons. The lowest BCUT2D eigenvalue weighted by molar-refractivity contribution is -0.130. The van der Waals surface area contributed by atoms with Gasteiger partial charge in [-0.15, -0.1) is 0 Å². The second kappa shape index (κ2) is 6.04. The smallest absolute Gasteiger partial charge is 0.236 e. The fourth-order valence-electron chi connectivity index (χ4n) is 2.15. The molecule has 0 aliphatic carbocycles. The average molecular weight is 279 g/mol. The lowest BCUT2D eigenvalue weighted by atomic mass is 10.2. The average Bonchev–Trinajstić information content (AvgIpc) is 2.78. The summed E-state index contributed by atoms with van der Waals surface area (Å²) in [5.74, 6) is 0.0469. The summed E-state index contributed by atoms with van der Waals surface area (Å²) in [7, 11) is 3.53. The highest BCUT2D eigenvalue weighted by Gasteiger charge is 2.20. The molecule has 7 nitrogen and oxygen atoms in total. The third kappa shape index (κ3) is 3.57. The first-order valence-electron chi connectivity index (χ1n) is 6.68. The van der Waals surface area contributed by atoms with E-state index in [0.29, 0.717) is 19.6 Å². The van der Waals surface area contributed by atoms with E-state index >= 15 is 0 Å². The number of rotatable bonds is 4. The molecule has 0 unspecified atom stereocenters. The predicted octanol–water partition coefficient (Wildman–Crippen LogP) is -0.577. The minimum Gasteiger partial charge on any atom is -0.351 e. The van der Waals surface area contributed by atoms with Gasteiger partial charge in [0.1, 0.15) is 0 Å². The van der Waals surface area contributed by atoms with Crippen LogP contribution in [0.15, 0.2) is 6.07 Å². The second-order valence-electron chi connectivity index (χ2n) is 5.26. The highest BCUT2D eigenvalue weighted by molar-refractivity contribution is 5.77. The zero-order valence-corrected chi connectivity index (χ0v) is 12.2. The van der Waals surface area contributed by atoms with Gasteiger partial charge >= 0.3 is 0 Å². The largest absolute Gasteiger partial charge is 0.351 e. The van der Waals surface area contributed by atoms with Crippen LogP contribution in [0.5, 0.6) is 0 Å². The molecule has 20 heavy (non-hydrogen) atoms. The van der Waals surface area contributed by atoms with Gasteiger partial charge in [-0.05, 0) is 6.07 Å². The van der Waals surface area contributed by atoms with Crippen molar-refractivity contribution in [2.75, 3.05) is 27.2 Å². The highest BCUT2D eigenvalue weighted by Crippen LogP contribution is 2.13. The molecule has 2 rings (SSSR count). The summed E-state index contributed by atoms with van der Waals surface area (Å²) in [4.78, 5) is 26.3. The van der Waals surface area contributed by atoms with Gasteiger partial charge in [-0.2, -0.15) is 5.10 Å². The molecule has 0 aromatic carbocycles. The van der Waals surface area contributed by atoms with Crippen molar-refractivity contribution in [2.24, 2.45) is 0 Å². The van der Waals surface area contributed by atoms with Crippen molar-refractivity contribution in [1.82, 2.24) is 24.9 Å². The molecule has 1 aromatic heterocycles. The Bertz CT molecular complexity index is 509. The van der Waals surface area contributed by atoms with Crippen molar-refractivity contribution in [3.05, 3.63) is 17.5 Å². The topological polar surface area (TPSA) is 70.5 Å². The summed E-state index contributed by atoms with van der Waals surface area (Å²) in [6, 6.07) is 1.99. The Morgan fingerprint density at radius 3 is 2.80 bits per heavy atom. The first kappa shape index (κ1) is 14.5. The summed E-state index contributed by atoms with van der Waals surface area (Å²) in [6.45, 7) is 4.67. The number of hydrogen-bond donors (Lipinski definition) is 1. The van der Waals surface area contributed by atoms with Crippen LogP contribution in [0.25, 0.3) is 0 Å². The first-order chi connectivity index (χ1) is 9.45. The summed E-state index contributed by atoms with van der Waals surface area (Å²) in [6.07, 6.45) is 0. The van der Waals surface area contributed by atoms with Gasteiger partial charge in [0.25, 0.3) is 0 Å². The fourth-order valence-corrected chi connectivity index (χ4v) is 2.15. The Kier molecular flexibility index (Phi) is 4.39. The van der Waals surface area contributed by atoms with Crippen LogP contribution in [0.1, 0.15) is 18.3 Å². The number of likely N-dealkylation sites (N-methyl/N-ethyl adjacent to an activating group) is 1. The van der Waals surface area contributed by atoms with Crippen LogP contribution in [0.4, 0.5) is 0 Å². The number of aromatic nitrogens is 2. The lowest BCUT2D eigenvalue weighted by Gasteiger charge is -2.27. The minimum atomic E-state index is -0.0609. The van der Waals surface area contributed by atoms with Gasteiger partial charge in [0.05, 0.1) is 31.0 Å². The Balaban J connectivity index is 1.96. The molecular formula is C13H21N5O2. The third-order valence-electron chi connectivity index (χ3n) is 3.30. The molecule has 0 atom stereocenters. The standard InChI is InChI=1S/C13H21N5O2/c1-10(19)14-7-11-6-12-8-17(4-5-18(12)15-11)9-13(20)16(2)3/h6H,4-5,7-9H2,1-3H3,(H,14,19). The highest BCUT2D eigenvalue weighted by atomic mass is 16.2. The number of nitrogens with one attached hydrogen (secondary N) is 1. The number of hydrogen-bond acceptors (Lipinski definition) is 4. The number of amides is 2. The van der Waals surface area contributed by atoms with Crippen molar-refractivity contribution >= 4 is 11.8 Å². The molecule has 7 heteroatoms. The van der Waals surface area contributed by atoms with Gasteiger partial charge < -0.3 is 10.2 Å².